The molecule has 0 atom stereocenters. The van der Waals surface area contributed by atoms with Crippen LogP contribution in [0.3, 0.4) is 0 Å². The molecule has 1 aliphatic carbocycles. The highest BCUT2D eigenvalue weighted by molar-refractivity contribution is 5.19. The molecule has 2 N–H and O–H groups in total. The number of hydrogen-bond donors (Lipinski definition) is 1. The summed E-state index contributed by atoms with van der Waals surface area (Å²) < 4.78 is 7.35. The Morgan fingerprint density at radius 3 is 2.79 bits per heavy atom. The van der Waals surface area contributed by atoms with Crippen molar-refractivity contribution >= 4 is 5.82 Å². The Morgan fingerprint density at radius 2 is 2.29 bits per heavy atom. The van der Waals surface area contributed by atoms with Gasteiger partial charge in [0.2, 0.25) is 0 Å². The summed E-state index contributed by atoms with van der Waals surface area (Å²) in [5.41, 5.74) is 5.46. The van der Waals surface area contributed by atoms with Crippen molar-refractivity contribution in [2.24, 2.45) is 0 Å². The molecule has 2 rings (SSSR count). The molecule has 0 saturated heterocycles. The van der Waals surface area contributed by atoms with E-state index in [1.54, 1.807) is 18.0 Å². The van der Waals surface area contributed by atoms with Gasteiger partial charge in [0.15, 0.2) is 5.82 Å². The number of nitrogens with two attached hydrogens (primary N) is 1. The van der Waals surface area contributed by atoms with Gasteiger partial charge in [-0.05, 0) is 12.8 Å². The second-order valence-electron chi connectivity index (χ2n) is 3.94. The molecule has 1 heterocycles. The SMILES string of the molecule is COC1(Cn2cc(N)nn2)CCCC1. The summed E-state index contributed by atoms with van der Waals surface area (Å²) in [6.07, 6.45) is 6.42. The first-order valence-electron chi connectivity index (χ1n) is 4.95. The Balaban J connectivity index is 2.08. The zero-order chi connectivity index (χ0) is 10.0. The molecule has 78 valence electrons. The molecule has 1 aromatic heterocycles. The topological polar surface area (TPSA) is 66.0 Å². The standard InChI is InChI=1S/C9H16N4O/c1-14-9(4-2-3-5-9)7-13-6-8(10)11-12-13/h6H,2-5,7,10H2,1H3. The van der Waals surface area contributed by atoms with E-state index in [9.17, 15) is 0 Å². The highest BCUT2D eigenvalue weighted by Crippen LogP contribution is 2.33. The smallest absolute Gasteiger partial charge is 0.165 e. The zero-order valence-corrected chi connectivity index (χ0v) is 8.44. The van der Waals surface area contributed by atoms with Gasteiger partial charge in [0.25, 0.3) is 0 Å². The monoisotopic (exact) mass is 196 g/mol. The van der Waals surface area contributed by atoms with E-state index in [4.69, 9.17) is 10.5 Å². The highest BCUT2D eigenvalue weighted by Gasteiger charge is 2.34. The Morgan fingerprint density at radius 1 is 1.57 bits per heavy atom. The molecule has 1 aliphatic rings. The van der Waals surface area contributed by atoms with Crippen LogP contribution in [0.4, 0.5) is 5.82 Å². The van der Waals surface area contributed by atoms with Gasteiger partial charge >= 0.3 is 0 Å². The molecular formula is C9H16N4O. The van der Waals surface area contributed by atoms with Gasteiger partial charge in [0.1, 0.15) is 0 Å². The van der Waals surface area contributed by atoms with Crippen LogP contribution < -0.4 is 5.73 Å². The number of anilines is 1. The molecule has 14 heavy (non-hydrogen) atoms. The molecule has 0 amide bonds. The first kappa shape index (κ1) is 9.45. The Labute approximate surface area is 83.2 Å². The maximum atomic E-state index is 5.58. The summed E-state index contributed by atoms with van der Waals surface area (Å²) in [6, 6.07) is 0. The fourth-order valence-electron chi connectivity index (χ4n) is 2.13. The number of nitrogen functional groups attached to an aromatic ring is 1. The quantitative estimate of drug-likeness (QED) is 0.777. The highest BCUT2D eigenvalue weighted by atomic mass is 16.5. The minimum absolute atomic E-state index is 0.0415. The van der Waals surface area contributed by atoms with Gasteiger partial charge in [-0.25, -0.2) is 4.68 Å². The van der Waals surface area contributed by atoms with E-state index in [1.807, 2.05) is 0 Å². The second kappa shape index (κ2) is 3.57. The number of nitrogens with zero attached hydrogens (tertiary/aromatic N) is 3. The van der Waals surface area contributed by atoms with E-state index in [-0.39, 0.29) is 5.60 Å². The molecule has 0 unspecified atom stereocenters. The summed E-state index contributed by atoms with van der Waals surface area (Å²) in [6.45, 7) is 0.758. The van der Waals surface area contributed by atoms with Gasteiger partial charge in [-0.1, -0.05) is 18.1 Å². The molecule has 0 radical (unpaired) electrons. The number of hydrogen-bond acceptors (Lipinski definition) is 4. The molecule has 0 aliphatic heterocycles. The fourth-order valence-corrected chi connectivity index (χ4v) is 2.13. The van der Waals surface area contributed by atoms with Gasteiger partial charge in [-0.2, -0.15) is 0 Å². The second-order valence-corrected chi connectivity index (χ2v) is 3.94. The number of rotatable bonds is 3. The third-order valence-corrected chi connectivity index (χ3v) is 2.95. The Kier molecular flexibility index (Phi) is 2.41. The average Bonchev–Trinajstić information content (AvgIpc) is 2.77. The van der Waals surface area contributed by atoms with E-state index < -0.39 is 0 Å². The number of methoxy groups -OCH3 is 1. The molecule has 1 saturated carbocycles. The van der Waals surface area contributed by atoms with E-state index in [0.29, 0.717) is 5.82 Å². The van der Waals surface area contributed by atoms with Gasteiger partial charge in [-0.3, -0.25) is 0 Å². The van der Waals surface area contributed by atoms with Gasteiger partial charge in [0.05, 0.1) is 18.3 Å². The van der Waals surface area contributed by atoms with Crippen molar-refractivity contribution < 1.29 is 4.74 Å². The lowest BCUT2D eigenvalue weighted by Gasteiger charge is -2.26. The summed E-state index contributed by atoms with van der Waals surface area (Å²) >= 11 is 0. The van der Waals surface area contributed by atoms with Crippen LogP contribution in [0.2, 0.25) is 0 Å². The summed E-state index contributed by atoms with van der Waals surface area (Å²) in [5.74, 6) is 0.467. The normalized spacial score (nSPS) is 20.1. The van der Waals surface area contributed by atoms with E-state index in [0.717, 1.165) is 19.4 Å². The van der Waals surface area contributed by atoms with Crippen LogP contribution in [0.15, 0.2) is 6.20 Å². The van der Waals surface area contributed by atoms with Crippen molar-refractivity contribution in [3.05, 3.63) is 6.20 Å². The molecule has 0 bridgehead atoms. The van der Waals surface area contributed by atoms with Crippen LogP contribution in [0.25, 0.3) is 0 Å². The van der Waals surface area contributed by atoms with Crippen LogP contribution in [0.1, 0.15) is 25.7 Å². The Hall–Kier alpha value is -1.10. The fraction of sp³-hybridized carbons (Fsp3) is 0.778. The third-order valence-electron chi connectivity index (χ3n) is 2.95. The number of aromatic nitrogens is 3. The first-order chi connectivity index (χ1) is 6.74. The van der Waals surface area contributed by atoms with Gasteiger partial charge < -0.3 is 10.5 Å². The largest absolute Gasteiger partial charge is 0.381 e. The molecule has 5 heteroatoms. The van der Waals surface area contributed by atoms with Crippen molar-refractivity contribution in [3.63, 3.8) is 0 Å². The van der Waals surface area contributed by atoms with Crippen molar-refractivity contribution in [1.82, 2.24) is 15.0 Å². The van der Waals surface area contributed by atoms with Gasteiger partial charge in [0, 0.05) is 7.11 Å². The average molecular weight is 196 g/mol. The molecule has 5 nitrogen and oxygen atoms in total. The molecular weight excluding hydrogens is 180 g/mol. The van der Waals surface area contributed by atoms with Crippen molar-refractivity contribution in [1.29, 1.82) is 0 Å². The lowest BCUT2D eigenvalue weighted by molar-refractivity contribution is -0.0212. The van der Waals surface area contributed by atoms with E-state index >= 15 is 0 Å². The maximum absolute atomic E-state index is 5.58. The summed E-state index contributed by atoms with van der Waals surface area (Å²) in [7, 11) is 1.77. The van der Waals surface area contributed by atoms with E-state index in [1.165, 1.54) is 12.8 Å². The first-order valence-corrected chi connectivity index (χ1v) is 4.95. The van der Waals surface area contributed by atoms with Crippen LogP contribution in [-0.2, 0) is 11.3 Å². The number of ether oxygens (including phenoxy) is 1. The minimum Gasteiger partial charge on any atom is -0.381 e. The van der Waals surface area contributed by atoms with Crippen LogP contribution >= 0.6 is 0 Å². The Bertz CT molecular complexity index is 304. The predicted molar refractivity (Wildman–Crippen MR) is 52.6 cm³/mol. The van der Waals surface area contributed by atoms with Crippen molar-refractivity contribution in [2.75, 3.05) is 12.8 Å². The van der Waals surface area contributed by atoms with Crippen LogP contribution in [0, 0.1) is 0 Å². The van der Waals surface area contributed by atoms with Crippen LogP contribution in [-0.4, -0.2) is 27.7 Å². The van der Waals surface area contributed by atoms with Crippen molar-refractivity contribution in [3.8, 4) is 0 Å². The van der Waals surface area contributed by atoms with E-state index in [2.05, 4.69) is 10.3 Å². The zero-order valence-electron chi connectivity index (χ0n) is 8.44. The van der Waals surface area contributed by atoms with Crippen LogP contribution in [0.5, 0.6) is 0 Å². The summed E-state index contributed by atoms with van der Waals surface area (Å²) in [5, 5.41) is 7.69. The molecule has 0 aromatic carbocycles. The maximum Gasteiger partial charge on any atom is 0.165 e. The lowest BCUT2D eigenvalue weighted by Crippen LogP contribution is -2.33. The lowest BCUT2D eigenvalue weighted by atomic mass is 10.0. The third kappa shape index (κ3) is 1.72. The van der Waals surface area contributed by atoms with Crippen molar-refractivity contribution in [2.45, 2.75) is 37.8 Å². The molecule has 1 aromatic rings. The predicted octanol–water partition coefficient (Wildman–Crippen LogP) is 0.819. The molecule has 1 fully saturated rings. The summed E-state index contributed by atoms with van der Waals surface area (Å²) in [4.78, 5) is 0. The minimum atomic E-state index is -0.0415. The molecule has 0 spiro atoms. The van der Waals surface area contributed by atoms with Gasteiger partial charge in [-0.15, -0.1) is 5.10 Å².